The lowest BCUT2D eigenvalue weighted by Crippen LogP contribution is -1.96. The number of hydrogen-bond donors (Lipinski definition) is 1. The zero-order chi connectivity index (χ0) is 9.68. The van der Waals surface area contributed by atoms with E-state index in [1.54, 1.807) is 6.08 Å². The first-order valence-electron chi connectivity index (χ1n) is 4.19. The first kappa shape index (κ1) is 9.68. The minimum Gasteiger partial charge on any atom is -0.326 e. The van der Waals surface area contributed by atoms with Crippen molar-refractivity contribution in [2.24, 2.45) is 5.73 Å². The van der Waals surface area contributed by atoms with Crippen molar-refractivity contribution < 1.29 is 4.79 Å². The summed E-state index contributed by atoms with van der Waals surface area (Å²) in [6.07, 6.45) is 2.35. The van der Waals surface area contributed by atoms with Crippen LogP contribution < -0.4 is 5.73 Å². The van der Waals surface area contributed by atoms with Gasteiger partial charge in [0.25, 0.3) is 0 Å². The van der Waals surface area contributed by atoms with Crippen LogP contribution in [0.5, 0.6) is 0 Å². The van der Waals surface area contributed by atoms with E-state index in [4.69, 9.17) is 5.73 Å². The van der Waals surface area contributed by atoms with Crippen molar-refractivity contribution in [3.8, 4) is 0 Å². The third-order valence-electron chi connectivity index (χ3n) is 1.94. The fourth-order valence-corrected chi connectivity index (χ4v) is 1.14. The molecule has 2 N–H and O–H groups in total. The summed E-state index contributed by atoms with van der Waals surface area (Å²) in [5.41, 5.74) is 8.60. The van der Waals surface area contributed by atoms with E-state index in [-0.39, 0.29) is 0 Å². The number of carbonyl (C=O) groups excluding carboxylic acids is 1. The molecule has 13 heavy (non-hydrogen) atoms. The average Bonchev–Trinajstić information content (AvgIpc) is 2.18. The largest absolute Gasteiger partial charge is 0.326 e. The Morgan fingerprint density at radius 1 is 1.54 bits per heavy atom. The van der Waals surface area contributed by atoms with Crippen molar-refractivity contribution in [2.45, 2.75) is 13.5 Å². The maximum Gasteiger partial charge on any atom is 0.143 e. The highest BCUT2D eigenvalue weighted by Crippen LogP contribution is 2.14. The number of allylic oxidation sites excluding steroid dienone is 2. The minimum absolute atomic E-state index is 0.530. The maximum atomic E-state index is 10.2. The van der Waals surface area contributed by atoms with E-state index in [1.165, 1.54) is 0 Å². The average molecular weight is 175 g/mol. The van der Waals surface area contributed by atoms with Crippen molar-refractivity contribution in [3.63, 3.8) is 0 Å². The SMILES string of the molecule is C/C(=C\C=O)c1cccc(CN)c1. The zero-order valence-corrected chi connectivity index (χ0v) is 7.66. The second-order valence-electron chi connectivity index (χ2n) is 2.89. The molecule has 1 aromatic carbocycles. The fourth-order valence-electron chi connectivity index (χ4n) is 1.14. The van der Waals surface area contributed by atoms with Crippen LogP contribution in [0.25, 0.3) is 5.57 Å². The quantitative estimate of drug-likeness (QED) is 0.561. The van der Waals surface area contributed by atoms with E-state index in [0.29, 0.717) is 6.54 Å². The minimum atomic E-state index is 0.530. The molecule has 0 saturated heterocycles. The van der Waals surface area contributed by atoms with Gasteiger partial charge in [-0.2, -0.15) is 0 Å². The zero-order valence-electron chi connectivity index (χ0n) is 7.66. The molecule has 1 aromatic rings. The molecule has 0 amide bonds. The summed E-state index contributed by atoms with van der Waals surface area (Å²) in [6, 6.07) is 7.88. The Labute approximate surface area is 78.1 Å². The van der Waals surface area contributed by atoms with Gasteiger partial charge in [-0.05, 0) is 29.7 Å². The number of carbonyl (C=O) groups is 1. The van der Waals surface area contributed by atoms with Crippen molar-refractivity contribution in [3.05, 3.63) is 41.5 Å². The number of nitrogens with two attached hydrogens (primary N) is 1. The van der Waals surface area contributed by atoms with E-state index in [1.807, 2.05) is 31.2 Å². The lowest BCUT2D eigenvalue weighted by Gasteiger charge is -2.02. The topological polar surface area (TPSA) is 43.1 Å². The third-order valence-corrected chi connectivity index (χ3v) is 1.94. The van der Waals surface area contributed by atoms with E-state index >= 15 is 0 Å². The molecule has 0 aliphatic carbocycles. The van der Waals surface area contributed by atoms with E-state index in [9.17, 15) is 4.79 Å². The first-order chi connectivity index (χ1) is 6.27. The Kier molecular flexibility index (Phi) is 3.41. The first-order valence-corrected chi connectivity index (χ1v) is 4.19. The summed E-state index contributed by atoms with van der Waals surface area (Å²) >= 11 is 0. The Morgan fingerprint density at radius 3 is 2.92 bits per heavy atom. The summed E-state index contributed by atoms with van der Waals surface area (Å²) in [6.45, 7) is 2.44. The Balaban J connectivity index is 3.01. The van der Waals surface area contributed by atoms with Gasteiger partial charge in [-0.25, -0.2) is 0 Å². The molecular weight excluding hydrogens is 162 g/mol. The smallest absolute Gasteiger partial charge is 0.143 e. The summed E-state index contributed by atoms with van der Waals surface area (Å²) in [5, 5.41) is 0. The van der Waals surface area contributed by atoms with Gasteiger partial charge in [0.15, 0.2) is 0 Å². The van der Waals surface area contributed by atoms with Crippen LogP contribution in [-0.4, -0.2) is 6.29 Å². The highest BCUT2D eigenvalue weighted by molar-refractivity contribution is 5.80. The van der Waals surface area contributed by atoms with Crippen molar-refractivity contribution >= 4 is 11.9 Å². The molecule has 0 aliphatic heterocycles. The van der Waals surface area contributed by atoms with Crippen LogP contribution in [0.4, 0.5) is 0 Å². The molecule has 0 aromatic heterocycles. The summed E-state index contributed by atoms with van der Waals surface area (Å²) in [5.74, 6) is 0. The Hall–Kier alpha value is -1.41. The molecule has 0 fully saturated rings. The summed E-state index contributed by atoms with van der Waals surface area (Å²) in [4.78, 5) is 10.2. The van der Waals surface area contributed by atoms with Gasteiger partial charge < -0.3 is 5.73 Å². The molecule has 1 rings (SSSR count). The van der Waals surface area contributed by atoms with E-state index < -0.39 is 0 Å². The molecule has 0 bridgehead atoms. The molecule has 0 saturated carbocycles. The van der Waals surface area contributed by atoms with Gasteiger partial charge >= 0.3 is 0 Å². The normalized spacial score (nSPS) is 11.4. The van der Waals surface area contributed by atoms with Gasteiger partial charge in [-0.15, -0.1) is 0 Å². The third kappa shape index (κ3) is 2.53. The number of rotatable bonds is 3. The van der Waals surface area contributed by atoms with Gasteiger partial charge in [0.2, 0.25) is 0 Å². The molecule has 0 aliphatic rings. The second kappa shape index (κ2) is 4.58. The van der Waals surface area contributed by atoms with Gasteiger partial charge in [0.1, 0.15) is 6.29 Å². The maximum absolute atomic E-state index is 10.2. The summed E-state index contributed by atoms with van der Waals surface area (Å²) in [7, 11) is 0. The molecule has 2 nitrogen and oxygen atoms in total. The lowest BCUT2D eigenvalue weighted by molar-refractivity contribution is -0.104. The van der Waals surface area contributed by atoms with Gasteiger partial charge in [-0.3, -0.25) is 4.79 Å². The number of hydrogen-bond acceptors (Lipinski definition) is 2. The Morgan fingerprint density at radius 2 is 2.31 bits per heavy atom. The van der Waals surface area contributed by atoms with Gasteiger partial charge in [-0.1, -0.05) is 24.3 Å². The lowest BCUT2D eigenvalue weighted by atomic mass is 10.0. The Bertz CT molecular complexity index is 329. The van der Waals surface area contributed by atoms with Crippen molar-refractivity contribution in [1.29, 1.82) is 0 Å². The highest BCUT2D eigenvalue weighted by Gasteiger charge is 1.95. The van der Waals surface area contributed by atoms with Crippen LogP contribution in [0, 0.1) is 0 Å². The van der Waals surface area contributed by atoms with Crippen LogP contribution in [0.1, 0.15) is 18.1 Å². The highest BCUT2D eigenvalue weighted by atomic mass is 16.1. The van der Waals surface area contributed by atoms with Crippen LogP contribution in [0.3, 0.4) is 0 Å². The molecule has 2 heteroatoms. The molecule has 0 radical (unpaired) electrons. The molecule has 0 heterocycles. The van der Waals surface area contributed by atoms with Gasteiger partial charge in [0, 0.05) is 6.54 Å². The predicted molar refractivity (Wildman–Crippen MR) is 54.0 cm³/mol. The molecule has 0 unspecified atom stereocenters. The number of benzene rings is 1. The van der Waals surface area contributed by atoms with E-state index in [0.717, 1.165) is 23.0 Å². The molecule has 68 valence electrons. The van der Waals surface area contributed by atoms with Crippen LogP contribution in [-0.2, 0) is 11.3 Å². The van der Waals surface area contributed by atoms with Crippen LogP contribution in [0.15, 0.2) is 30.3 Å². The van der Waals surface area contributed by atoms with Crippen LogP contribution >= 0.6 is 0 Å². The predicted octanol–water partition coefficient (Wildman–Crippen LogP) is 1.75. The fraction of sp³-hybridized carbons (Fsp3) is 0.182. The molecular formula is C11H13NO. The van der Waals surface area contributed by atoms with Crippen molar-refractivity contribution in [1.82, 2.24) is 0 Å². The van der Waals surface area contributed by atoms with Crippen molar-refractivity contribution in [2.75, 3.05) is 0 Å². The van der Waals surface area contributed by atoms with Gasteiger partial charge in [0.05, 0.1) is 0 Å². The van der Waals surface area contributed by atoms with Crippen LogP contribution in [0.2, 0.25) is 0 Å². The number of aldehydes is 1. The molecule has 0 atom stereocenters. The standard InChI is InChI=1S/C11H13NO/c1-9(5-6-13)11-4-2-3-10(7-11)8-12/h2-7H,8,12H2,1H3/b9-5+. The monoisotopic (exact) mass is 175 g/mol. The summed E-state index contributed by atoms with van der Waals surface area (Å²) < 4.78 is 0. The van der Waals surface area contributed by atoms with E-state index in [2.05, 4.69) is 0 Å². The second-order valence-corrected chi connectivity index (χ2v) is 2.89. The molecule has 0 spiro atoms.